The number of halogens is 1. The summed E-state index contributed by atoms with van der Waals surface area (Å²) >= 11 is 7.37. The van der Waals surface area contributed by atoms with Crippen LogP contribution in [0.4, 0.5) is 5.69 Å². The van der Waals surface area contributed by atoms with Crippen LogP contribution in [0.5, 0.6) is 11.5 Å². The van der Waals surface area contributed by atoms with Gasteiger partial charge in [-0.15, -0.1) is 0 Å². The number of fused-ring (bicyclic) bond motifs is 1. The van der Waals surface area contributed by atoms with Crippen molar-refractivity contribution in [2.75, 3.05) is 14.2 Å². The Morgan fingerprint density at radius 1 is 1.24 bits per heavy atom. The smallest absolute Gasteiger partial charge is 0.281 e. The molecule has 0 aliphatic carbocycles. The maximum atomic E-state index is 12.8. The molecule has 10 heteroatoms. The second kappa shape index (κ2) is 8.62. The summed E-state index contributed by atoms with van der Waals surface area (Å²) in [6.07, 6.45) is 0.797. The molecule has 0 aliphatic heterocycles. The monoisotopic (exact) mass is 435 g/mol. The molecule has 1 heterocycles. The summed E-state index contributed by atoms with van der Waals surface area (Å²) in [6, 6.07) is 7.28. The number of nitrogens with zero attached hydrogens (tertiary/aromatic N) is 3. The van der Waals surface area contributed by atoms with Crippen molar-refractivity contribution in [2.45, 2.75) is 19.9 Å². The first-order valence-electron chi connectivity index (χ1n) is 8.68. The second-order valence-electron chi connectivity index (χ2n) is 6.02. The van der Waals surface area contributed by atoms with Gasteiger partial charge in [-0.1, -0.05) is 29.9 Å². The molecule has 0 saturated carbocycles. The van der Waals surface area contributed by atoms with Gasteiger partial charge in [0, 0.05) is 18.7 Å². The molecule has 0 radical (unpaired) electrons. The van der Waals surface area contributed by atoms with E-state index in [0.29, 0.717) is 22.8 Å². The number of nitro benzene ring substituents is 1. The minimum atomic E-state index is -0.659. The lowest BCUT2D eigenvalue weighted by Gasteiger charge is -2.09. The van der Waals surface area contributed by atoms with Crippen LogP contribution in [0.15, 0.2) is 35.3 Å². The Labute approximate surface area is 175 Å². The maximum Gasteiger partial charge on any atom is 0.281 e. The summed E-state index contributed by atoms with van der Waals surface area (Å²) in [5.41, 5.74) is 0.518. The molecule has 152 valence electrons. The lowest BCUT2D eigenvalue weighted by Crippen LogP contribution is -2.17. The van der Waals surface area contributed by atoms with Crippen molar-refractivity contribution in [3.05, 3.63) is 55.8 Å². The average Bonchev–Trinajstić information content (AvgIpc) is 3.05. The predicted molar refractivity (Wildman–Crippen MR) is 111 cm³/mol. The van der Waals surface area contributed by atoms with Crippen LogP contribution in [-0.2, 0) is 6.54 Å². The molecule has 0 fully saturated rings. The zero-order chi connectivity index (χ0) is 21.1. The molecule has 0 aliphatic rings. The van der Waals surface area contributed by atoms with E-state index < -0.39 is 10.8 Å². The van der Waals surface area contributed by atoms with Crippen molar-refractivity contribution in [3.63, 3.8) is 0 Å². The number of carbonyl (C=O) groups excluding carboxylic acids is 1. The Balaban J connectivity index is 2.25. The van der Waals surface area contributed by atoms with Crippen LogP contribution >= 0.6 is 22.9 Å². The molecule has 3 rings (SSSR count). The van der Waals surface area contributed by atoms with Gasteiger partial charge in [0.25, 0.3) is 11.6 Å². The molecule has 8 nitrogen and oxygen atoms in total. The summed E-state index contributed by atoms with van der Waals surface area (Å²) in [6.45, 7) is 2.60. The number of nitro groups is 1. The van der Waals surface area contributed by atoms with Gasteiger partial charge in [0.1, 0.15) is 21.7 Å². The fourth-order valence-electron chi connectivity index (χ4n) is 2.91. The number of benzene rings is 2. The zero-order valence-electron chi connectivity index (χ0n) is 16.0. The number of methoxy groups -OCH3 is 2. The molecule has 0 spiro atoms. The van der Waals surface area contributed by atoms with Gasteiger partial charge in [-0.2, -0.15) is 4.99 Å². The number of ether oxygens (including phenoxy) is 2. The average molecular weight is 436 g/mol. The van der Waals surface area contributed by atoms with Gasteiger partial charge >= 0.3 is 0 Å². The molecule has 29 heavy (non-hydrogen) atoms. The second-order valence-corrected chi connectivity index (χ2v) is 7.41. The van der Waals surface area contributed by atoms with Crippen LogP contribution < -0.4 is 14.3 Å². The molecular formula is C19H18ClN3O5S. The highest BCUT2D eigenvalue weighted by Gasteiger charge is 2.19. The number of carbonyl (C=O) groups is 1. The molecule has 0 N–H and O–H groups in total. The number of aryl methyl sites for hydroxylation is 1. The number of aromatic nitrogens is 1. The van der Waals surface area contributed by atoms with Gasteiger partial charge in [-0.25, -0.2) is 0 Å². The fourth-order valence-corrected chi connectivity index (χ4v) is 4.27. The van der Waals surface area contributed by atoms with Gasteiger partial charge in [0.05, 0.1) is 29.7 Å². The predicted octanol–water partition coefficient (Wildman–Crippen LogP) is 4.43. The van der Waals surface area contributed by atoms with Crippen molar-refractivity contribution in [1.29, 1.82) is 0 Å². The van der Waals surface area contributed by atoms with Crippen molar-refractivity contribution >= 4 is 44.7 Å². The summed E-state index contributed by atoms with van der Waals surface area (Å²) in [5, 5.41) is 11.1. The van der Waals surface area contributed by atoms with E-state index in [-0.39, 0.29) is 16.3 Å². The molecule has 0 bridgehead atoms. The number of rotatable bonds is 6. The van der Waals surface area contributed by atoms with Gasteiger partial charge in [-0.3, -0.25) is 14.9 Å². The van der Waals surface area contributed by atoms with E-state index >= 15 is 0 Å². The van der Waals surface area contributed by atoms with E-state index in [2.05, 4.69) is 4.99 Å². The number of thiazole rings is 1. The zero-order valence-corrected chi connectivity index (χ0v) is 17.5. The van der Waals surface area contributed by atoms with E-state index in [1.54, 1.807) is 26.4 Å². The Kier molecular flexibility index (Phi) is 6.19. The Bertz CT molecular complexity index is 1170. The minimum Gasteiger partial charge on any atom is -0.495 e. The third-order valence-electron chi connectivity index (χ3n) is 4.23. The normalized spacial score (nSPS) is 11.7. The molecule has 1 amide bonds. The molecule has 2 aromatic carbocycles. The van der Waals surface area contributed by atoms with Gasteiger partial charge in [-0.05, 0) is 24.6 Å². The van der Waals surface area contributed by atoms with E-state index in [4.69, 9.17) is 21.1 Å². The Hall–Kier alpha value is -2.91. The summed E-state index contributed by atoms with van der Waals surface area (Å²) < 4.78 is 13.6. The topological polar surface area (TPSA) is 96.0 Å². The Morgan fingerprint density at radius 3 is 2.55 bits per heavy atom. The molecular weight excluding hydrogens is 418 g/mol. The fraction of sp³-hybridized carbons (Fsp3) is 0.263. The molecule has 0 atom stereocenters. The van der Waals surface area contributed by atoms with Gasteiger partial charge < -0.3 is 14.0 Å². The summed E-state index contributed by atoms with van der Waals surface area (Å²) in [5.74, 6) is 0.610. The molecule has 1 aromatic heterocycles. The molecule has 3 aromatic rings. The third-order valence-corrected chi connectivity index (χ3v) is 5.65. The summed E-state index contributed by atoms with van der Waals surface area (Å²) in [7, 11) is 3.13. The first-order chi connectivity index (χ1) is 13.9. The SMILES string of the molecule is CCCn1c(=NC(=O)c2cc([N+](=O)[O-])ccc2Cl)sc2c(OC)ccc(OC)c21. The van der Waals surface area contributed by atoms with Crippen LogP contribution in [0.3, 0.4) is 0 Å². The van der Waals surface area contributed by atoms with E-state index in [1.165, 1.54) is 23.5 Å². The first kappa shape index (κ1) is 20.8. The molecule has 0 saturated heterocycles. The van der Waals surface area contributed by atoms with Crippen LogP contribution in [0.2, 0.25) is 5.02 Å². The maximum absolute atomic E-state index is 12.8. The van der Waals surface area contributed by atoms with Gasteiger partial charge in [0.15, 0.2) is 4.80 Å². The highest BCUT2D eigenvalue weighted by molar-refractivity contribution is 7.16. The number of amides is 1. The number of non-ortho nitro benzene ring substituents is 1. The lowest BCUT2D eigenvalue weighted by atomic mass is 10.2. The van der Waals surface area contributed by atoms with Crippen LogP contribution in [0.1, 0.15) is 23.7 Å². The van der Waals surface area contributed by atoms with E-state index in [9.17, 15) is 14.9 Å². The minimum absolute atomic E-state index is 0.0275. The van der Waals surface area contributed by atoms with Gasteiger partial charge in [0.2, 0.25) is 0 Å². The van der Waals surface area contributed by atoms with Crippen LogP contribution in [0.25, 0.3) is 10.2 Å². The third kappa shape index (κ3) is 3.96. The van der Waals surface area contributed by atoms with E-state index in [1.807, 2.05) is 11.5 Å². The highest BCUT2D eigenvalue weighted by atomic mass is 35.5. The van der Waals surface area contributed by atoms with Crippen LogP contribution in [-0.4, -0.2) is 29.6 Å². The quantitative estimate of drug-likeness (QED) is 0.421. The first-order valence-corrected chi connectivity index (χ1v) is 9.88. The largest absolute Gasteiger partial charge is 0.495 e. The lowest BCUT2D eigenvalue weighted by molar-refractivity contribution is -0.384. The van der Waals surface area contributed by atoms with Crippen molar-refractivity contribution in [1.82, 2.24) is 4.57 Å². The van der Waals surface area contributed by atoms with E-state index in [0.717, 1.165) is 22.7 Å². The summed E-state index contributed by atoms with van der Waals surface area (Å²) in [4.78, 5) is 27.9. The molecule has 0 unspecified atom stereocenters. The number of hydrogen-bond donors (Lipinski definition) is 0. The standard InChI is InChI=1S/C19H18ClN3O5S/c1-4-9-22-16-14(27-2)7-8-15(28-3)17(16)29-19(22)21-18(24)12-10-11(23(25)26)5-6-13(12)20/h5-8,10H,4,9H2,1-3H3. The number of hydrogen-bond acceptors (Lipinski definition) is 6. The van der Waals surface area contributed by atoms with Crippen LogP contribution in [0, 0.1) is 10.1 Å². The van der Waals surface area contributed by atoms with Crippen molar-refractivity contribution in [3.8, 4) is 11.5 Å². The van der Waals surface area contributed by atoms with Crippen molar-refractivity contribution < 1.29 is 19.2 Å². The van der Waals surface area contributed by atoms with Crippen molar-refractivity contribution in [2.24, 2.45) is 4.99 Å². The highest BCUT2D eigenvalue weighted by Crippen LogP contribution is 2.35. The Morgan fingerprint density at radius 2 is 1.93 bits per heavy atom.